The first kappa shape index (κ1) is 20.6. The van der Waals surface area contributed by atoms with E-state index in [1.807, 2.05) is 0 Å². The monoisotopic (exact) mass is 259 g/mol. The van der Waals surface area contributed by atoms with E-state index < -0.39 is 29.0 Å². The number of aromatic carboxylic acids is 1. The largest absolute Gasteiger partial charge is 0.478 e. The van der Waals surface area contributed by atoms with Gasteiger partial charge in [0.25, 0.3) is 0 Å². The maximum absolute atomic E-state index is 12.3. The van der Waals surface area contributed by atoms with Crippen LogP contribution in [-0.4, -0.2) is 27.5 Å². The van der Waals surface area contributed by atoms with E-state index in [-0.39, 0.29) is 16.4 Å². The molecule has 6 nitrogen and oxygen atoms in total. The summed E-state index contributed by atoms with van der Waals surface area (Å²) in [5.74, 6) is -1.68. The van der Waals surface area contributed by atoms with Crippen LogP contribution in [0.15, 0.2) is 18.2 Å². The predicted octanol–water partition coefficient (Wildman–Crippen LogP) is -0.488. The molecule has 0 atom stereocenters. The van der Waals surface area contributed by atoms with Gasteiger partial charge in [0, 0.05) is 5.69 Å². The average Bonchev–Trinajstić information content (AvgIpc) is 2.01. The minimum atomic E-state index is -4.71. The van der Waals surface area contributed by atoms with Crippen LogP contribution < -0.4 is 5.73 Å². The molecule has 17 heavy (non-hydrogen) atoms. The molecule has 0 saturated heterocycles. The van der Waals surface area contributed by atoms with Gasteiger partial charge in [0.1, 0.15) is 0 Å². The first-order valence-corrected chi connectivity index (χ1v) is 3.53. The third-order valence-corrected chi connectivity index (χ3v) is 1.62. The lowest BCUT2D eigenvalue weighted by molar-refractivity contribution is -0.138. The van der Waals surface area contributed by atoms with Crippen molar-refractivity contribution in [2.24, 2.45) is 0 Å². The van der Waals surface area contributed by atoms with E-state index in [1.54, 1.807) is 0 Å². The summed E-state index contributed by atoms with van der Waals surface area (Å²) < 4.78 is 36.8. The number of benzene rings is 1. The molecule has 0 heterocycles. The highest BCUT2D eigenvalue weighted by Gasteiger charge is 2.36. The number of carboxylic acid groups (broad SMARTS) is 1. The Labute approximate surface area is 93.4 Å². The third kappa shape index (κ3) is 4.26. The Morgan fingerprint density at radius 2 is 1.65 bits per heavy atom. The van der Waals surface area contributed by atoms with Gasteiger partial charge in [-0.2, -0.15) is 13.2 Å². The Balaban J connectivity index is -0.000000653. The smallest absolute Gasteiger partial charge is 0.417 e. The van der Waals surface area contributed by atoms with Crippen molar-refractivity contribution in [3.8, 4) is 0 Å². The second-order valence-electron chi connectivity index (χ2n) is 2.57. The molecule has 0 aliphatic rings. The molecule has 100 valence electrons. The fraction of sp³-hybridized carbons (Fsp3) is 0.125. The first-order chi connectivity index (χ1) is 6.34. The minimum absolute atomic E-state index is 0. The average molecular weight is 259 g/mol. The summed E-state index contributed by atoms with van der Waals surface area (Å²) >= 11 is 0. The van der Waals surface area contributed by atoms with Gasteiger partial charge in [-0.1, -0.05) is 6.07 Å². The molecule has 0 aliphatic heterocycles. The number of nitrogens with two attached hydrogens (primary N) is 1. The molecule has 0 bridgehead atoms. The van der Waals surface area contributed by atoms with Crippen molar-refractivity contribution in [1.29, 1.82) is 0 Å². The fourth-order valence-corrected chi connectivity index (χ4v) is 1.05. The maximum atomic E-state index is 12.3. The number of rotatable bonds is 1. The topological polar surface area (TPSA) is 158 Å². The van der Waals surface area contributed by atoms with E-state index in [0.29, 0.717) is 6.07 Å². The normalized spacial score (nSPS) is 9.35. The van der Waals surface area contributed by atoms with Gasteiger partial charge in [0.05, 0.1) is 11.1 Å². The zero-order valence-electron chi connectivity index (χ0n) is 8.30. The van der Waals surface area contributed by atoms with Crippen LogP contribution in [0.5, 0.6) is 0 Å². The van der Waals surface area contributed by atoms with Crippen molar-refractivity contribution >= 4 is 11.7 Å². The molecule has 9 N–H and O–H groups in total. The molecule has 0 amide bonds. The van der Waals surface area contributed by atoms with Crippen molar-refractivity contribution in [1.82, 2.24) is 0 Å². The molecule has 1 rings (SSSR count). The lowest BCUT2D eigenvalue weighted by Crippen LogP contribution is -2.14. The Morgan fingerprint density at radius 3 is 1.94 bits per heavy atom. The molecule has 0 aromatic heterocycles. The zero-order chi connectivity index (χ0) is 10.9. The Bertz CT molecular complexity index is 380. The van der Waals surface area contributed by atoms with Gasteiger partial charge in [-0.15, -0.1) is 0 Å². The highest BCUT2D eigenvalue weighted by atomic mass is 19.4. The van der Waals surface area contributed by atoms with Crippen molar-refractivity contribution < 1.29 is 39.5 Å². The second kappa shape index (κ2) is 6.68. The van der Waals surface area contributed by atoms with Gasteiger partial charge >= 0.3 is 12.1 Å². The molecule has 0 radical (unpaired) electrons. The van der Waals surface area contributed by atoms with Crippen molar-refractivity contribution in [2.75, 3.05) is 5.73 Å². The van der Waals surface area contributed by atoms with Crippen molar-refractivity contribution in [3.05, 3.63) is 29.3 Å². The van der Waals surface area contributed by atoms with E-state index >= 15 is 0 Å². The molecule has 0 saturated carbocycles. The van der Waals surface area contributed by atoms with Crippen molar-refractivity contribution in [3.63, 3.8) is 0 Å². The molecule has 1 aromatic rings. The zero-order valence-corrected chi connectivity index (χ0v) is 8.30. The lowest BCUT2D eigenvalue weighted by Gasteiger charge is -2.11. The Kier molecular flexibility index (Phi) is 8.08. The van der Waals surface area contributed by atoms with Crippen LogP contribution in [0.2, 0.25) is 0 Å². The summed E-state index contributed by atoms with van der Waals surface area (Å²) in [7, 11) is 0. The van der Waals surface area contributed by atoms with Gasteiger partial charge in [-0.05, 0) is 12.1 Å². The molecular weight excluding hydrogens is 247 g/mol. The summed E-state index contributed by atoms with van der Waals surface area (Å²) in [5, 5.41) is 8.53. The first-order valence-electron chi connectivity index (χ1n) is 3.53. The predicted molar refractivity (Wildman–Crippen MR) is 53.7 cm³/mol. The summed E-state index contributed by atoms with van der Waals surface area (Å²) in [6.07, 6.45) is -4.71. The number of anilines is 1. The highest BCUT2D eigenvalue weighted by molar-refractivity contribution is 5.95. The van der Waals surface area contributed by atoms with Crippen LogP contribution in [-0.2, 0) is 6.18 Å². The minimum Gasteiger partial charge on any atom is -0.478 e. The van der Waals surface area contributed by atoms with E-state index in [0.717, 1.165) is 12.1 Å². The van der Waals surface area contributed by atoms with Gasteiger partial charge in [-0.25, -0.2) is 4.79 Å². The van der Waals surface area contributed by atoms with E-state index in [1.165, 1.54) is 0 Å². The molecule has 0 fully saturated rings. The van der Waals surface area contributed by atoms with Gasteiger partial charge < -0.3 is 27.3 Å². The fourth-order valence-electron chi connectivity index (χ4n) is 1.05. The van der Waals surface area contributed by atoms with E-state index in [4.69, 9.17) is 10.8 Å². The van der Waals surface area contributed by atoms with E-state index in [9.17, 15) is 18.0 Å². The Hall–Kier alpha value is -1.84. The lowest BCUT2D eigenvalue weighted by atomic mass is 10.1. The van der Waals surface area contributed by atoms with Crippen LogP contribution in [0.4, 0.5) is 18.9 Å². The second-order valence-corrected chi connectivity index (χ2v) is 2.57. The third-order valence-electron chi connectivity index (χ3n) is 1.62. The molecule has 1 aromatic carbocycles. The molecule has 0 aliphatic carbocycles. The number of nitrogen functional groups attached to an aromatic ring is 1. The SMILES string of the molecule is Nc1cccc(C(F)(F)F)c1C(=O)O.O.O.O. The number of carboxylic acids is 1. The summed E-state index contributed by atoms with van der Waals surface area (Å²) in [6.45, 7) is 0. The maximum Gasteiger partial charge on any atom is 0.417 e. The van der Waals surface area contributed by atoms with Crippen LogP contribution in [0, 0.1) is 0 Å². The van der Waals surface area contributed by atoms with Crippen LogP contribution in [0.25, 0.3) is 0 Å². The van der Waals surface area contributed by atoms with Gasteiger partial charge in [-0.3, -0.25) is 0 Å². The number of halogens is 3. The standard InChI is InChI=1S/C8H6F3NO2.3H2O/c9-8(10,11)4-2-1-3-5(12)6(4)7(13)14;;;/h1-3H,12H2,(H,13,14);3*1H2. The number of hydrogen-bond donors (Lipinski definition) is 2. The van der Waals surface area contributed by atoms with Gasteiger partial charge in [0.2, 0.25) is 0 Å². The highest BCUT2D eigenvalue weighted by Crippen LogP contribution is 2.34. The van der Waals surface area contributed by atoms with Gasteiger partial charge in [0.15, 0.2) is 0 Å². The van der Waals surface area contributed by atoms with Crippen LogP contribution in [0.3, 0.4) is 0 Å². The number of alkyl halides is 3. The van der Waals surface area contributed by atoms with Crippen molar-refractivity contribution in [2.45, 2.75) is 6.18 Å². The van der Waals surface area contributed by atoms with Crippen LogP contribution >= 0.6 is 0 Å². The Morgan fingerprint density at radius 1 is 1.18 bits per heavy atom. The van der Waals surface area contributed by atoms with E-state index in [2.05, 4.69) is 0 Å². The van der Waals surface area contributed by atoms with Crippen LogP contribution in [0.1, 0.15) is 15.9 Å². The number of hydrogen-bond acceptors (Lipinski definition) is 2. The molecule has 0 spiro atoms. The summed E-state index contributed by atoms with van der Waals surface area (Å²) in [6, 6.07) is 2.85. The molecular formula is C8H12F3NO5. The molecule has 0 unspecified atom stereocenters. The summed E-state index contributed by atoms with van der Waals surface area (Å²) in [5.41, 5.74) is 2.61. The summed E-state index contributed by atoms with van der Waals surface area (Å²) in [4.78, 5) is 10.5. The molecule has 9 heteroatoms. The number of carbonyl (C=O) groups is 1. The quantitative estimate of drug-likeness (QED) is 0.652.